The Morgan fingerprint density at radius 3 is 2.45 bits per heavy atom. The number of thiophene rings is 1. The van der Waals surface area contributed by atoms with Crippen LogP contribution in [0.2, 0.25) is 0 Å². The molecule has 1 atom stereocenters. The van der Waals surface area contributed by atoms with E-state index in [-0.39, 0.29) is 11.4 Å². The third-order valence-electron chi connectivity index (χ3n) is 3.76. The summed E-state index contributed by atoms with van der Waals surface area (Å²) >= 11 is 1.49. The van der Waals surface area contributed by atoms with Crippen molar-refractivity contribution in [3.05, 3.63) is 63.6 Å². The van der Waals surface area contributed by atoms with Gasteiger partial charge in [0, 0.05) is 5.69 Å². The lowest BCUT2D eigenvalue weighted by atomic mass is 9.99. The van der Waals surface area contributed by atoms with E-state index in [1.807, 2.05) is 48.0 Å². The van der Waals surface area contributed by atoms with Crippen molar-refractivity contribution in [2.24, 2.45) is 0 Å². The number of hydrogen-bond acceptors (Lipinski definition) is 4. The molecule has 112 valence electrons. The van der Waals surface area contributed by atoms with E-state index in [1.54, 1.807) is 0 Å². The van der Waals surface area contributed by atoms with E-state index in [1.165, 1.54) is 23.2 Å². The lowest BCUT2D eigenvalue weighted by Crippen LogP contribution is -2.30. The van der Waals surface area contributed by atoms with Crippen molar-refractivity contribution >= 4 is 28.7 Å². The fraction of sp³-hybridized carbons (Fsp3) is 0.176. The van der Waals surface area contributed by atoms with Crippen LogP contribution in [0.15, 0.2) is 52.4 Å². The Kier molecular flexibility index (Phi) is 3.58. The minimum Gasteiger partial charge on any atom is -0.503 e. The zero-order valence-corrected chi connectivity index (χ0v) is 13.1. The number of rotatable bonds is 3. The molecule has 1 aliphatic rings. The molecule has 0 spiro atoms. The van der Waals surface area contributed by atoms with Crippen LogP contribution in [0.25, 0.3) is 0 Å². The SMILES string of the molecule is CC(=O)C1=C(O)C(=O)N(c2ccc(C)cc2)C1c1ccsc1. The molecular formula is C17H15NO3S. The van der Waals surface area contributed by atoms with E-state index in [2.05, 4.69) is 0 Å². The number of anilines is 1. The highest BCUT2D eigenvalue weighted by Gasteiger charge is 2.43. The Bertz CT molecular complexity index is 760. The average Bonchev–Trinajstić information content (AvgIpc) is 3.08. The summed E-state index contributed by atoms with van der Waals surface area (Å²) in [7, 11) is 0. The number of hydrogen-bond donors (Lipinski definition) is 1. The Morgan fingerprint density at radius 2 is 1.91 bits per heavy atom. The van der Waals surface area contributed by atoms with Crippen LogP contribution in [-0.4, -0.2) is 16.8 Å². The van der Waals surface area contributed by atoms with Crippen LogP contribution in [0.4, 0.5) is 5.69 Å². The predicted molar refractivity (Wildman–Crippen MR) is 86.1 cm³/mol. The first-order chi connectivity index (χ1) is 10.5. The van der Waals surface area contributed by atoms with E-state index in [9.17, 15) is 14.7 Å². The molecule has 5 heteroatoms. The molecule has 0 fully saturated rings. The molecule has 1 amide bonds. The Labute approximate surface area is 132 Å². The molecule has 3 rings (SSSR count). The van der Waals surface area contributed by atoms with Gasteiger partial charge in [0.1, 0.15) is 0 Å². The zero-order valence-electron chi connectivity index (χ0n) is 12.2. The molecule has 4 nitrogen and oxygen atoms in total. The quantitative estimate of drug-likeness (QED) is 0.943. The van der Waals surface area contributed by atoms with Crippen LogP contribution in [0, 0.1) is 6.92 Å². The summed E-state index contributed by atoms with van der Waals surface area (Å²) in [5.74, 6) is -1.29. The molecule has 1 aromatic carbocycles. The van der Waals surface area contributed by atoms with Crippen LogP contribution in [0.3, 0.4) is 0 Å². The average molecular weight is 313 g/mol. The van der Waals surface area contributed by atoms with E-state index in [4.69, 9.17) is 0 Å². The largest absolute Gasteiger partial charge is 0.503 e. The molecule has 0 radical (unpaired) electrons. The Balaban J connectivity index is 2.15. The molecule has 22 heavy (non-hydrogen) atoms. The summed E-state index contributed by atoms with van der Waals surface area (Å²) in [4.78, 5) is 25.9. The van der Waals surface area contributed by atoms with Crippen molar-refractivity contribution in [3.8, 4) is 0 Å². The maximum Gasteiger partial charge on any atom is 0.294 e. The molecular weight excluding hydrogens is 298 g/mol. The lowest BCUT2D eigenvalue weighted by molar-refractivity contribution is -0.117. The van der Waals surface area contributed by atoms with Gasteiger partial charge in [-0.25, -0.2) is 0 Å². The number of aryl methyl sites for hydroxylation is 1. The lowest BCUT2D eigenvalue weighted by Gasteiger charge is -2.25. The molecule has 0 saturated heterocycles. The van der Waals surface area contributed by atoms with Crippen molar-refractivity contribution in [2.45, 2.75) is 19.9 Å². The van der Waals surface area contributed by atoms with Gasteiger partial charge < -0.3 is 5.11 Å². The predicted octanol–water partition coefficient (Wildman–Crippen LogP) is 3.55. The number of aliphatic hydroxyl groups is 1. The van der Waals surface area contributed by atoms with Gasteiger partial charge >= 0.3 is 0 Å². The summed E-state index contributed by atoms with van der Waals surface area (Å²) in [6, 6.07) is 8.74. The number of ketones is 1. The second-order valence-electron chi connectivity index (χ2n) is 5.29. The number of benzene rings is 1. The molecule has 1 aromatic heterocycles. The van der Waals surface area contributed by atoms with Gasteiger partial charge in [-0.05, 0) is 48.4 Å². The van der Waals surface area contributed by atoms with Crippen LogP contribution in [0.1, 0.15) is 24.1 Å². The first-order valence-corrected chi connectivity index (χ1v) is 7.81. The topological polar surface area (TPSA) is 57.6 Å². The molecule has 2 heterocycles. The number of nitrogens with zero attached hydrogens (tertiary/aromatic N) is 1. The summed E-state index contributed by atoms with van der Waals surface area (Å²) in [5, 5.41) is 13.9. The normalized spacial score (nSPS) is 18.2. The van der Waals surface area contributed by atoms with Crippen molar-refractivity contribution in [3.63, 3.8) is 0 Å². The number of amides is 1. The molecule has 0 saturated carbocycles. The first-order valence-electron chi connectivity index (χ1n) is 6.87. The van der Waals surface area contributed by atoms with E-state index >= 15 is 0 Å². The van der Waals surface area contributed by atoms with Gasteiger partial charge in [0.05, 0.1) is 11.6 Å². The molecule has 1 aliphatic heterocycles. The fourth-order valence-electron chi connectivity index (χ4n) is 2.68. The summed E-state index contributed by atoms with van der Waals surface area (Å²) in [5.41, 5.74) is 2.72. The fourth-order valence-corrected chi connectivity index (χ4v) is 3.36. The highest BCUT2D eigenvalue weighted by molar-refractivity contribution is 7.08. The third-order valence-corrected chi connectivity index (χ3v) is 4.46. The highest BCUT2D eigenvalue weighted by atomic mass is 32.1. The highest BCUT2D eigenvalue weighted by Crippen LogP contribution is 2.41. The smallest absolute Gasteiger partial charge is 0.294 e. The minimum atomic E-state index is -0.570. The number of carbonyl (C=O) groups excluding carboxylic acids is 2. The number of aliphatic hydroxyl groups excluding tert-OH is 1. The van der Waals surface area contributed by atoms with Crippen molar-refractivity contribution in [2.75, 3.05) is 4.90 Å². The zero-order chi connectivity index (χ0) is 15.9. The van der Waals surface area contributed by atoms with Crippen LogP contribution < -0.4 is 4.90 Å². The minimum absolute atomic E-state index is 0.156. The van der Waals surface area contributed by atoms with Crippen LogP contribution in [0.5, 0.6) is 0 Å². The molecule has 0 bridgehead atoms. The maximum absolute atomic E-state index is 12.5. The summed E-state index contributed by atoms with van der Waals surface area (Å²) in [6.07, 6.45) is 0. The molecule has 0 aliphatic carbocycles. The Hall–Kier alpha value is -2.40. The van der Waals surface area contributed by atoms with Gasteiger partial charge in [0.2, 0.25) is 0 Å². The van der Waals surface area contributed by atoms with Gasteiger partial charge in [0.25, 0.3) is 5.91 Å². The summed E-state index contributed by atoms with van der Waals surface area (Å²) in [6.45, 7) is 3.33. The molecule has 2 aromatic rings. The van der Waals surface area contributed by atoms with Gasteiger partial charge in [-0.2, -0.15) is 11.3 Å². The van der Waals surface area contributed by atoms with E-state index in [0.717, 1.165) is 11.1 Å². The van der Waals surface area contributed by atoms with E-state index in [0.29, 0.717) is 5.69 Å². The summed E-state index contributed by atoms with van der Waals surface area (Å²) < 4.78 is 0. The van der Waals surface area contributed by atoms with Gasteiger partial charge in [0.15, 0.2) is 11.5 Å². The molecule has 1 N–H and O–H groups in total. The van der Waals surface area contributed by atoms with Crippen LogP contribution >= 0.6 is 11.3 Å². The van der Waals surface area contributed by atoms with Crippen LogP contribution in [-0.2, 0) is 9.59 Å². The van der Waals surface area contributed by atoms with Gasteiger partial charge in [-0.15, -0.1) is 0 Å². The third kappa shape index (κ3) is 2.23. The number of carbonyl (C=O) groups is 2. The second-order valence-corrected chi connectivity index (χ2v) is 6.07. The van der Waals surface area contributed by atoms with Gasteiger partial charge in [-0.3, -0.25) is 14.5 Å². The second kappa shape index (κ2) is 5.42. The Morgan fingerprint density at radius 1 is 1.23 bits per heavy atom. The van der Waals surface area contributed by atoms with Crippen molar-refractivity contribution < 1.29 is 14.7 Å². The first kappa shape index (κ1) is 14.5. The standard InChI is InChI=1S/C17H15NO3S/c1-10-3-5-13(6-4-10)18-15(12-7-8-22-9-12)14(11(2)19)16(20)17(18)21/h3-9,15,20H,1-2H3. The number of Topliss-reactive ketones (excluding diaryl/α,β-unsaturated/α-hetero) is 1. The van der Waals surface area contributed by atoms with Crippen molar-refractivity contribution in [1.82, 2.24) is 0 Å². The van der Waals surface area contributed by atoms with Gasteiger partial charge in [-0.1, -0.05) is 17.7 Å². The molecule has 1 unspecified atom stereocenters. The van der Waals surface area contributed by atoms with E-state index < -0.39 is 17.7 Å². The monoisotopic (exact) mass is 313 g/mol. The van der Waals surface area contributed by atoms with Crippen molar-refractivity contribution in [1.29, 1.82) is 0 Å². The maximum atomic E-state index is 12.5.